The minimum atomic E-state index is -0.925. The maximum absolute atomic E-state index is 12.2. The zero-order chi connectivity index (χ0) is 13.3. The van der Waals surface area contributed by atoms with Gasteiger partial charge >= 0.3 is 5.97 Å². The number of amides is 1. The van der Waals surface area contributed by atoms with Crippen LogP contribution >= 0.6 is 0 Å². The van der Waals surface area contributed by atoms with Crippen LogP contribution in [-0.2, 0) is 9.59 Å². The first-order chi connectivity index (χ1) is 8.49. The van der Waals surface area contributed by atoms with Gasteiger partial charge < -0.3 is 14.9 Å². The summed E-state index contributed by atoms with van der Waals surface area (Å²) >= 11 is 0. The Hall–Kier alpha value is -1.10. The van der Waals surface area contributed by atoms with E-state index in [1.54, 1.807) is 0 Å². The average Bonchev–Trinajstić information content (AvgIpc) is 3.14. The summed E-state index contributed by atoms with van der Waals surface area (Å²) in [4.78, 5) is 26.5. The Morgan fingerprint density at radius 3 is 2.39 bits per heavy atom. The second kappa shape index (κ2) is 5.26. The zero-order valence-electron chi connectivity index (χ0n) is 11.1. The number of aliphatic carboxylic acids is 1. The lowest BCUT2D eigenvalue weighted by molar-refractivity contribution is -0.145. The van der Waals surface area contributed by atoms with E-state index in [4.69, 9.17) is 5.11 Å². The number of nitrogens with zero attached hydrogens (tertiary/aromatic N) is 2. The van der Waals surface area contributed by atoms with Crippen molar-refractivity contribution in [3.05, 3.63) is 0 Å². The lowest BCUT2D eigenvalue weighted by atomic mass is 10.2. The van der Waals surface area contributed by atoms with Crippen molar-refractivity contribution in [2.24, 2.45) is 17.8 Å². The Kier molecular flexibility index (Phi) is 3.90. The van der Waals surface area contributed by atoms with Gasteiger partial charge in [0.25, 0.3) is 0 Å². The van der Waals surface area contributed by atoms with Gasteiger partial charge in [-0.1, -0.05) is 0 Å². The van der Waals surface area contributed by atoms with E-state index in [9.17, 15) is 9.59 Å². The molecule has 2 aliphatic carbocycles. The van der Waals surface area contributed by atoms with Crippen molar-refractivity contribution in [2.75, 3.05) is 33.7 Å². The molecule has 0 radical (unpaired) electrons. The van der Waals surface area contributed by atoms with Crippen molar-refractivity contribution in [1.82, 2.24) is 9.80 Å². The highest BCUT2D eigenvalue weighted by Crippen LogP contribution is 2.54. The van der Waals surface area contributed by atoms with Crippen LogP contribution in [-0.4, -0.2) is 60.5 Å². The summed E-state index contributed by atoms with van der Waals surface area (Å²) in [6, 6.07) is 0. The minimum absolute atomic E-state index is 0.0520. The monoisotopic (exact) mass is 254 g/mol. The third-order valence-corrected chi connectivity index (χ3v) is 3.84. The molecule has 1 N–H and O–H groups in total. The molecule has 5 nitrogen and oxygen atoms in total. The molecule has 0 aliphatic heterocycles. The maximum atomic E-state index is 12.2. The van der Waals surface area contributed by atoms with Crippen molar-refractivity contribution in [3.63, 3.8) is 0 Å². The molecule has 2 saturated carbocycles. The predicted molar refractivity (Wildman–Crippen MR) is 67.1 cm³/mol. The predicted octanol–water partition coefficient (Wildman–Crippen LogP) is 0.507. The molecular weight excluding hydrogens is 232 g/mol. The van der Waals surface area contributed by atoms with Gasteiger partial charge in [0.2, 0.25) is 5.91 Å². The minimum Gasteiger partial charge on any atom is -0.480 e. The quantitative estimate of drug-likeness (QED) is 0.719. The molecule has 2 rings (SSSR count). The maximum Gasteiger partial charge on any atom is 0.323 e. The van der Waals surface area contributed by atoms with Gasteiger partial charge in [-0.2, -0.15) is 0 Å². The summed E-state index contributed by atoms with van der Waals surface area (Å²) in [5, 5.41) is 8.88. The first-order valence-corrected chi connectivity index (χ1v) is 6.64. The third kappa shape index (κ3) is 3.45. The van der Waals surface area contributed by atoms with Crippen LogP contribution < -0.4 is 0 Å². The molecule has 1 amide bonds. The highest BCUT2D eigenvalue weighted by Gasteiger charge is 2.52. The second-order valence-corrected chi connectivity index (χ2v) is 5.80. The van der Waals surface area contributed by atoms with Crippen molar-refractivity contribution < 1.29 is 14.7 Å². The fourth-order valence-electron chi connectivity index (χ4n) is 2.53. The van der Waals surface area contributed by atoms with Gasteiger partial charge in [-0.25, -0.2) is 0 Å². The van der Waals surface area contributed by atoms with Gasteiger partial charge in [0.1, 0.15) is 6.54 Å². The summed E-state index contributed by atoms with van der Waals surface area (Å²) in [6.45, 7) is 1.05. The average molecular weight is 254 g/mol. The second-order valence-electron chi connectivity index (χ2n) is 5.80. The molecule has 2 aliphatic rings. The molecule has 0 unspecified atom stereocenters. The lowest BCUT2D eigenvalue weighted by Crippen LogP contribution is -2.41. The number of carbonyl (C=O) groups is 2. The highest BCUT2D eigenvalue weighted by atomic mass is 16.4. The van der Waals surface area contributed by atoms with Crippen LogP contribution in [0.3, 0.4) is 0 Å². The van der Waals surface area contributed by atoms with Gasteiger partial charge in [0.05, 0.1) is 0 Å². The number of hydrogen-bond donors (Lipinski definition) is 1. The Balaban J connectivity index is 1.86. The molecule has 0 aromatic rings. The van der Waals surface area contributed by atoms with E-state index >= 15 is 0 Å². The van der Waals surface area contributed by atoms with Crippen LogP contribution in [0.4, 0.5) is 0 Å². The highest BCUT2D eigenvalue weighted by molar-refractivity contribution is 5.85. The fourth-order valence-corrected chi connectivity index (χ4v) is 2.53. The molecule has 5 heteroatoms. The number of carbonyl (C=O) groups excluding carboxylic acids is 1. The van der Waals surface area contributed by atoms with Crippen LogP contribution in [0.15, 0.2) is 0 Å². The van der Waals surface area contributed by atoms with Crippen LogP contribution in [0.1, 0.15) is 19.3 Å². The lowest BCUT2D eigenvalue weighted by Gasteiger charge is -2.22. The van der Waals surface area contributed by atoms with E-state index in [2.05, 4.69) is 0 Å². The van der Waals surface area contributed by atoms with Crippen molar-refractivity contribution >= 4 is 11.9 Å². The third-order valence-electron chi connectivity index (χ3n) is 3.84. The molecule has 0 heterocycles. The molecule has 102 valence electrons. The summed E-state index contributed by atoms with van der Waals surface area (Å²) in [6.07, 6.45) is 3.48. The molecule has 0 aromatic heterocycles. The molecule has 0 spiro atoms. The van der Waals surface area contributed by atoms with E-state index in [-0.39, 0.29) is 18.4 Å². The summed E-state index contributed by atoms with van der Waals surface area (Å²) in [7, 11) is 3.85. The number of hydrogen-bond acceptors (Lipinski definition) is 3. The SMILES string of the molecule is CN(C)CCN(CC(=O)O)C(=O)[C@@H]1C[C@@H]1C1CC1. The van der Waals surface area contributed by atoms with Crippen LogP contribution in [0.2, 0.25) is 0 Å². The van der Waals surface area contributed by atoms with Crippen LogP contribution in [0.25, 0.3) is 0 Å². The Morgan fingerprint density at radius 1 is 1.22 bits per heavy atom. The van der Waals surface area contributed by atoms with Crippen LogP contribution in [0.5, 0.6) is 0 Å². The number of carboxylic acids is 1. The van der Waals surface area contributed by atoms with Gasteiger partial charge in [0, 0.05) is 19.0 Å². The molecule has 0 aromatic carbocycles. The van der Waals surface area contributed by atoms with Crippen molar-refractivity contribution in [2.45, 2.75) is 19.3 Å². The van der Waals surface area contributed by atoms with Crippen LogP contribution in [0, 0.1) is 17.8 Å². The van der Waals surface area contributed by atoms with E-state index in [0.29, 0.717) is 19.0 Å². The summed E-state index contributed by atoms with van der Waals surface area (Å²) in [5.41, 5.74) is 0. The normalized spacial score (nSPS) is 26.2. The zero-order valence-corrected chi connectivity index (χ0v) is 11.1. The van der Waals surface area contributed by atoms with E-state index in [1.807, 2.05) is 19.0 Å². The van der Waals surface area contributed by atoms with E-state index in [0.717, 1.165) is 12.3 Å². The summed E-state index contributed by atoms with van der Waals surface area (Å²) in [5.74, 6) is 0.536. The largest absolute Gasteiger partial charge is 0.480 e. The molecule has 0 saturated heterocycles. The Bertz CT molecular complexity index is 339. The summed E-state index contributed by atoms with van der Waals surface area (Å²) < 4.78 is 0. The fraction of sp³-hybridized carbons (Fsp3) is 0.846. The Morgan fingerprint density at radius 2 is 1.89 bits per heavy atom. The van der Waals surface area contributed by atoms with E-state index < -0.39 is 5.97 Å². The van der Waals surface area contributed by atoms with Gasteiger partial charge in [-0.05, 0) is 45.2 Å². The topological polar surface area (TPSA) is 60.9 Å². The van der Waals surface area contributed by atoms with Crippen molar-refractivity contribution in [1.29, 1.82) is 0 Å². The van der Waals surface area contributed by atoms with Gasteiger partial charge in [0.15, 0.2) is 0 Å². The van der Waals surface area contributed by atoms with Crippen molar-refractivity contribution in [3.8, 4) is 0 Å². The van der Waals surface area contributed by atoms with E-state index in [1.165, 1.54) is 17.7 Å². The molecule has 2 fully saturated rings. The number of carboxylic acid groups (broad SMARTS) is 1. The van der Waals surface area contributed by atoms with Gasteiger partial charge in [-0.3, -0.25) is 9.59 Å². The smallest absolute Gasteiger partial charge is 0.323 e. The number of likely N-dealkylation sites (N-methyl/N-ethyl adjacent to an activating group) is 1. The molecule has 2 atom stereocenters. The first kappa shape index (κ1) is 13.3. The molecule has 0 bridgehead atoms. The van der Waals surface area contributed by atoms with Gasteiger partial charge in [-0.15, -0.1) is 0 Å². The molecule has 18 heavy (non-hydrogen) atoms. The Labute approximate surface area is 108 Å². The standard InChI is InChI=1S/C13H22N2O3/c1-14(2)5-6-15(8-12(16)17)13(18)11-7-10(11)9-3-4-9/h9-11H,3-8H2,1-2H3,(H,16,17)/t10-,11-/m1/s1. The first-order valence-electron chi connectivity index (χ1n) is 6.64. The number of rotatable bonds is 7. The molecular formula is C13H22N2O3.